The van der Waals surface area contributed by atoms with Crippen molar-refractivity contribution in [3.63, 3.8) is 0 Å². The Morgan fingerprint density at radius 2 is 1.84 bits per heavy atom. The Morgan fingerprint density at radius 3 is 2.36 bits per heavy atom. The number of hydrogen-bond acceptors (Lipinski definition) is 6. The zero-order valence-corrected chi connectivity index (χ0v) is 14.1. The SMILES string of the molecule is CCn1ccc(-c2nnc(C(N)=O)n2-c2c(OC)cccc2OC)n1. The van der Waals surface area contributed by atoms with Crippen LogP contribution in [-0.4, -0.2) is 44.7 Å². The molecule has 130 valence electrons. The molecule has 2 N–H and O–H groups in total. The molecule has 9 heteroatoms. The molecule has 3 aromatic rings. The minimum absolute atomic E-state index is 0.0381. The van der Waals surface area contributed by atoms with E-state index < -0.39 is 5.91 Å². The van der Waals surface area contributed by atoms with Gasteiger partial charge in [-0.2, -0.15) is 5.10 Å². The number of nitrogens with two attached hydrogens (primary N) is 1. The van der Waals surface area contributed by atoms with Crippen molar-refractivity contribution in [1.29, 1.82) is 0 Å². The van der Waals surface area contributed by atoms with E-state index in [0.29, 0.717) is 35.2 Å². The Kier molecular flexibility index (Phi) is 4.38. The van der Waals surface area contributed by atoms with E-state index in [9.17, 15) is 4.79 Å². The maximum Gasteiger partial charge on any atom is 0.287 e. The van der Waals surface area contributed by atoms with Crippen LogP contribution in [0.1, 0.15) is 17.5 Å². The molecule has 1 aromatic carbocycles. The smallest absolute Gasteiger partial charge is 0.287 e. The summed E-state index contributed by atoms with van der Waals surface area (Å²) >= 11 is 0. The molecule has 0 saturated heterocycles. The number of benzene rings is 1. The molecule has 0 bridgehead atoms. The Balaban J connectivity index is 2.32. The number of primary amides is 1. The Hall–Kier alpha value is -3.36. The lowest BCUT2D eigenvalue weighted by Gasteiger charge is -2.15. The van der Waals surface area contributed by atoms with E-state index >= 15 is 0 Å². The number of nitrogens with zero attached hydrogens (tertiary/aromatic N) is 5. The van der Waals surface area contributed by atoms with Crippen LogP contribution in [-0.2, 0) is 6.54 Å². The molecule has 0 aliphatic carbocycles. The second-order valence-electron chi connectivity index (χ2n) is 5.11. The van der Waals surface area contributed by atoms with Gasteiger partial charge in [0.25, 0.3) is 5.91 Å². The quantitative estimate of drug-likeness (QED) is 0.722. The second kappa shape index (κ2) is 6.63. The summed E-state index contributed by atoms with van der Waals surface area (Å²) in [6, 6.07) is 7.06. The molecule has 0 aliphatic heterocycles. The lowest BCUT2D eigenvalue weighted by Crippen LogP contribution is -2.18. The fraction of sp³-hybridized carbons (Fsp3) is 0.250. The molecule has 2 aromatic heterocycles. The van der Waals surface area contributed by atoms with Crippen LogP contribution in [0.2, 0.25) is 0 Å². The molecule has 25 heavy (non-hydrogen) atoms. The summed E-state index contributed by atoms with van der Waals surface area (Å²) in [7, 11) is 3.05. The third-order valence-corrected chi connectivity index (χ3v) is 3.70. The summed E-state index contributed by atoms with van der Waals surface area (Å²) in [6.07, 6.45) is 1.82. The number of methoxy groups -OCH3 is 2. The van der Waals surface area contributed by atoms with E-state index in [1.54, 1.807) is 28.9 Å². The van der Waals surface area contributed by atoms with Crippen molar-refractivity contribution in [1.82, 2.24) is 24.5 Å². The normalized spacial score (nSPS) is 10.7. The summed E-state index contributed by atoms with van der Waals surface area (Å²) in [6.45, 7) is 2.67. The van der Waals surface area contributed by atoms with Crippen molar-refractivity contribution < 1.29 is 14.3 Å². The van der Waals surface area contributed by atoms with Gasteiger partial charge in [-0.3, -0.25) is 14.0 Å². The third-order valence-electron chi connectivity index (χ3n) is 3.70. The number of ether oxygens (including phenoxy) is 2. The van der Waals surface area contributed by atoms with Gasteiger partial charge in [-0.05, 0) is 25.1 Å². The van der Waals surface area contributed by atoms with Crippen LogP contribution >= 0.6 is 0 Å². The minimum Gasteiger partial charge on any atom is -0.494 e. The average molecular weight is 342 g/mol. The molecule has 0 radical (unpaired) electrons. The van der Waals surface area contributed by atoms with E-state index in [1.165, 1.54) is 18.8 Å². The van der Waals surface area contributed by atoms with Crippen molar-refractivity contribution in [3.05, 3.63) is 36.3 Å². The van der Waals surface area contributed by atoms with Crippen LogP contribution in [0.15, 0.2) is 30.5 Å². The van der Waals surface area contributed by atoms with Gasteiger partial charge in [0.2, 0.25) is 5.82 Å². The molecule has 2 heterocycles. The summed E-state index contributed by atoms with van der Waals surface area (Å²) < 4.78 is 14.1. The summed E-state index contributed by atoms with van der Waals surface area (Å²) in [5, 5.41) is 12.5. The van der Waals surface area contributed by atoms with Crippen molar-refractivity contribution in [2.75, 3.05) is 14.2 Å². The first-order valence-electron chi connectivity index (χ1n) is 7.61. The van der Waals surface area contributed by atoms with Gasteiger partial charge < -0.3 is 15.2 Å². The van der Waals surface area contributed by atoms with Gasteiger partial charge in [0, 0.05) is 12.7 Å². The van der Waals surface area contributed by atoms with Crippen LogP contribution in [0.4, 0.5) is 0 Å². The highest BCUT2D eigenvalue weighted by molar-refractivity contribution is 5.91. The Morgan fingerprint density at radius 1 is 1.16 bits per heavy atom. The summed E-state index contributed by atoms with van der Waals surface area (Å²) in [4.78, 5) is 11.9. The minimum atomic E-state index is -0.721. The molecule has 1 amide bonds. The summed E-state index contributed by atoms with van der Waals surface area (Å²) in [5.41, 5.74) is 6.52. The van der Waals surface area contributed by atoms with Crippen molar-refractivity contribution in [2.45, 2.75) is 13.5 Å². The zero-order chi connectivity index (χ0) is 18.0. The van der Waals surface area contributed by atoms with E-state index in [4.69, 9.17) is 15.2 Å². The first-order chi connectivity index (χ1) is 12.1. The number of carbonyl (C=O) groups is 1. The number of hydrogen-bond donors (Lipinski definition) is 1. The molecular formula is C16H18N6O3. The fourth-order valence-electron chi connectivity index (χ4n) is 2.53. The second-order valence-corrected chi connectivity index (χ2v) is 5.11. The number of rotatable bonds is 6. The van der Waals surface area contributed by atoms with Gasteiger partial charge in [-0.15, -0.1) is 10.2 Å². The molecule has 3 rings (SSSR count). The van der Waals surface area contributed by atoms with Crippen LogP contribution in [0.3, 0.4) is 0 Å². The first kappa shape index (κ1) is 16.5. The van der Waals surface area contributed by atoms with Crippen molar-refractivity contribution >= 4 is 5.91 Å². The summed E-state index contributed by atoms with van der Waals surface area (Å²) in [5.74, 6) is 0.574. The maximum atomic E-state index is 11.9. The Bertz CT molecular complexity index is 892. The van der Waals surface area contributed by atoms with Gasteiger partial charge in [0.15, 0.2) is 5.82 Å². The molecule has 9 nitrogen and oxygen atoms in total. The zero-order valence-electron chi connectivity index (χ0n) is 14.1. The van der Waals surface area contributed by atoms with Gasteiger partial charge in [-0.25, -0.2) is 0 Å². The lowest BCUT2D eigenvalue weighted by molar-refractivity contribution is 0.0988. The molecule has 0 spiro atoms. The highest BCUT2D eigenvalue weighted by Crippen LogP contribution is 2.35. The lowest BCUT2D eigenvalue weighted by atomic mass is 10.2. The van der Waals surface area contributed by atoms with Crippen LogP contribution in [0, 0.1) is 0 Å². The third kappa shape index (κ3) is 2.80. The molecule has 0 fully saturated rings. The predicted molar refractivity (Wildman–Crippen MR) is 89.9 cm³/mol. The molecular weight excluding hydrogens is 324 g/mol. The highest BCUT2D eigenvalue weighted by Gasteiger charge is 2.25. The number of aromatic nitrogens is 5. The van der Waals surface area contributed by atoms with Gasteiger partial charge >= 0.3 is 0 Å². The maximum absolute atomic E-state index is 11.9. The van der Waals surface area contributed by atoms with Crippen molar-refractivity contribution in [2.24, 2.45) is 5.73 Å². The van der Waals surface area contributed by atoms with Gasteiger partial charge in [-0.1, -0.05) is 6.07 Å². The van der Waals surface area contributed by atoms with Crippen molar-refractivity contribution in [3.8, 4) is 28.7 Å². The first-order valence-corrected chi connectivity index (χ1v) is 7.61. The number of para-hydroxylation sites is 1. The van der Waals surface area contributed by atoms with Crippen LogP contribution in [0.5, 0.6) is 11.5 Å². The fourth-order valence-corrected chi connectivity index (χ4v) is 2.53. The monoisotopic (exact) mass is 342 g/mol. The van der Waals surface area contributed by atoms with Gasteiger partial charge in [0.05, 0.1) is 14.2 Å². The van der Waals surface area contributed by atoms with E-state index in [1.807, 2.05) is 13.1 Å². The number of carbonyl (C=O) groups excluding carboxylic acids is 1. The standard InChI is InChI=1S/C16H18N6O3/c1-4-21-9-8-10(20-21)15-18-19-16(14(17)23)22(15)13-11(24-2)6-5-7-12(13)25-3/h5-9H,4H2,1-3H3,(H2,17,23). The van der Waals surface area contributed by atoms with Gasteiger partial charge in [0.1, 0.15) is 22.9 Å². The Labute approximate surface area is 144 Å². The topological polar surface area (TPSA) is 110 Å². The molecule has 0 aliphatic rings. The van der Waals surface area contributed by atoms with E-state index in [0.717, 1.165) is 0 Å². The van der Waals surface area contributed by atoms with Crippen LogP contribution in [0.25, 0.3) is 17.2 Å². The molecule has 0 saturated carbocycles. The largest absolute Gasteiger partial charge is 0.494 e. The average Bonchev–Trinajstić information content (AvgIpc) is 3.27. The van der Waals surface area contributed by atoms with Crippen LogP contribution < -0.4 is 15.2 Å². The number of aryl methyl sites for hydroxylation is 1. The predicted octanol–water partition coefficient (Wildman–Crippen LogP) is 1.27. The van der Waals surface area contributed by atoms with E-state index in [-0.39, 0.29) is 5.82 Å². The molecule has 0 unspecified atom stereocenters. The van der Waals surface area contributed by atoms with E-state index in [2.05, 4.69) is 15.3 Å². The number of amides is 1. The molecule has 0 atom stereocenters. The highest BCUT2D eigenvalue weighted by atomic mass is 16.5.